The molecular formula is C18H34F3IN4O2. The predicted molar refractivity (Wildman–Crippen MR) is 114 cm³/mol. The SMILES string of the molecule is CCNC(=NCC1CCN(CC(F)(F)F)C1)NCCCOCC1CCCO1.I. The summed E-state index contributed by atoms with van der Waals surface area (Å²) in [5.74, 6) is 0.892. The first-order valence-corrected chi connectivity index (χ1v) is 9.97. The Morgan fingerprint density at radius 1 is 1.29 bits per heavy atom. The summed E-state index contributed by atoms with van der Waals surface area (Å²) in [6.45, 7) is 6.30. The third-order valence-corrected chi connectivity index (χ3v) is 4.71. The average Bonchev–Trinajstić information content (AvgIpc) is 3.26. The maximum Gasteiger partial charge on any atom is 0.401 e. The number of aliphatic imine (C=N–C) groups is 1. The van der Waals surface area contributed by atoms with E-state index in [2.05, 4.69) is 15.6 Å². The standard InChI is InChI=1S/C18H33F3N4O2.HI/c1-2-22-17(23-7-4-9-26-13-16-5-3-10-27-16)24-11-15-6-8-25(12-15)14-18(19,20)21;/h15-16H,2-14H2,1H3,(H2,22,23,24);1H. The van der Waals surface area contributed by atoms with Crippen molar-refractivity contribution < 1.29 is 22.6 Å². The number of nitrogens with zero attached hydrogens (tertiary/aromatic N) is 2. The molecule has 2 heterocycles. The Morgan fingerprint density at radius 3 is 2.79 bits per heavy atom. The number of nitrogens with one attached hydrogen (secondary N) is 2. The first-order valence-electron chi connectivity index (χ1n) is 9.97. The van der Waals surface area contributed by atoms with Gasteiger partial charge in [0.25, 0.3) is 0 Å². The van der Waals surface area contributed by atoms with E-state index in [9.17, 15) is 13.2 Å². The molecule has 0 bridgehead atoms. The zero-order chi connectivity index (χ0) is 19.5. The lowest BCUT2D eigenvalue weighted by molar-refractivity contribution is -0.143. The van der Waals surface area contributed by atoms with E-state index in [0.29, 0.717) is 38.8 Å². The molecule has 0 radical (unpaired) electrons. The third kappa shape index (κ3) is 11.0. The molecule has 6 nitrogen and oxygen atoms in total. The summed E-state index contributed by atoms with van der Waals surface area (Å²) in [4.78, 5) is 6.00. The Labute approximate surface area is 183 Å². The second kappa shape index (κ2) is 13.8. The Balaban J connectivity index is 0.00000392. The van der Waals surface area contributed by atoms with Crippen LogP contribution in [0.1, 0.15) is 32.6 Å². The lowest BCUT2D eigenvalue weighted by Gasteiger charge is -2.17. The largest absolute Gasteiger partial charge is 0.401 e. The van der Waals surface area contributed by atoms with E-state index >= 15 is 0 Å². The smallest absolute Gasteiger partial charge is 0.379 e. The normalized spacial score (nSPS) is 23.6. The fraction of sp³-hybridized carbons (Fsp3) is 0.944. The summed E-state index contributed by atoms with van der Waals surface area (Å²) >= 11 is 0. The molecule has 2 atom stereocenters. The Kier molecular flexibility index (Phi) is 12.7. The highest BCUT2D eigenvalue weighted by atomic mass is 127. The maximum absolute atomic E-state index is 12.5. The van der Waals surface area contributed by atoms with E-state index in [1.807, 2.05) is 6.92 Å². The van der Waals surface area contributed by atoms with Crippen LogP contribution in [0, 0.1) is 5.92 Å². The quantitative estimate of drug-likeness (QED) is 0.200. The first kappa shape index (κ1) is 25.7. The van der Waals surface area contributed by atoms with Gasteiger partial charge in [-0.2, -0.15) is 13.2 Å². The summed E-state index contributed by atoms with van der Waals surface area (Å²) < 4.78 is 48.5. The highest BCUT2D eigenvalue weighted by Gasteiger charge is 2.34. The lowest BCUT2D eigenvalue weighted by atomic mass is 10.1. The molecule has 166 valence electrons. The van der Waals surface area contributed by atoms with Gasteiger partial charge in [-0.05, 0) is 45.1 Å². The summed E-state index contributed by atoms with van der Waals surface area (Å²) in [6.07, 6.45) is -0.0547. The Morgan fingerprint density at radius 2 is 2.11 bits per heavy atom. The molecule has 0 aliphatic carbocycles. The van der Waals surface area contributed by atoms with Crippen molar-refractivity contribution in [2.24, 2.45) is 10.9 Å². The van der Waals surface area contributed by atoms with Crippen molar-refractivity contribution in [3.8, 4) is 0 Å². The minimum atomic E-state index is -4.12. The van der Waals surface area contributed by atoms with Crippen LogP contribution >= 0.6 is 24.0 Å². The van der Waals surface area contributed by atoms with E-state index in [0.717, 1.165) is 45.4 Å². The molecule has 0 aromatic rings. The molecule has 2 rings (SSSR count). The second-order valence-electron chi connectivity index (χ2n) is 7.21. The predicted octanol–water partition coefficient (Wildman–Crippen LogP) is 2.63. The van der Waals surface area contributed by atoms with Gasteiger partial charge in [0.15, 0.2) is 5.96 Å². The molecule has 28 heavy (non-hydrogen) atoms. The lowest BCUT2D eigenvalue weighted by Crippen LogP contribution is -2.38. The molecule has 2 unspecified atom stereocenters. The van der Waals surface area contributed by atoms with E-state index in [4.69, 9.17) is 9.47 Å². The van der Waals surface area contributed by atoms with Gasteiger partial charge in [-0.1, -0.05) is 0 Å². The summed E-state index contributed by atoms with van der Waals surface area (Å²) in [5, 5.41) is 6.43. The van der Waals surface area contributed by atoms with Gasteiger partial charge in [0, 0.05) is 39.4 Å². The van der Waals surface area contributed by atoms with Gasteiger partial charge in [-0.15, -0.1) is 24.0 Å². The fourth-order valence-electron chi connectivity index (χ4n) is 3.39. The van der Waals surface area contributed by atoms with Gasteiger partial charge < -0.3 is 20.1 Å². The van der Waals surface area contributed by atoms with Crippen molar-refractivity contribution in [1.29, 1.82) is 0 Å². The van der Waals surface area contributed by atoms with E-state index < -0.39 is 12.7 Å². The number of hydrogen-bond acceptors (Lipinski definition) is 4. The average molecular weight is 522 g/mol. The van der Waals surface area contributed by atoms with Crippen molar-refractivity contribution in [2.75, 3.05) is 59.1 Å². The van der Waals surface area contributed by atoms with Crippen molar-refractivity contribution in [2.45, 2.75) is 44.9 Å². The van der Waals surface area contributed by atoms with E-state index in [1.165, 1.54) is 4.90 Å². The van der Waals surface area contributed by atoms with Crippen LogP contribution in [0.25, 0.3) is 0 Å². The number of likely N-dealkylation sites (tertiary alicyclic amines) is 1. The Hall–Kier alpha value is -0.330. The van der Waals surface area contributed by atoms with E-state index in [-0.39, 0.29) is 36.0 Å². The molecule has 0 aromatic carbocycles. The van der Waals surface area contributed by atoms with Crippen LogP contribution in [0.2, 0.25) is 0 Å². The highest BCUT2D eigenvalue weighted by molar-refractivity contribution is 14.0. The van der Waals surface area contributed by atoms with Crippen molar-refractivity contribution in [3.63, 3.8) is 0 Å². The monoisotopic (exact) mass is 522 g/mol. The molecule has 0 aromatic heterocycles. The topological polar surface area (TPSA) is 58.1 Å². The van der Waals surface area contributed by atoms with Crippen LogP contribution in [0.3, 0.4) is 0 Å². The molecule has 2 N–H and O–H groups in total. The van der Waals surface area contributed by atoms with Crippen LogP contribution in [-0.4, -0.2) is 82.2 Å². The number of guanidine groups is 1. The fourth-order valence-corrected chi connectivity index (χ4v) is 3.39. The number of hydrogen-bond donors (Lipinski definition) is 2. The van der Waals surface area contributed by atoms with Gasteiger partial charge in [-0.3, -0.25) is 9.89 Å². The zero-order valence-corrected chi connectivity index (χ0v) is 18.9. The summed E-state index contributed by atoms with van der Waals surface area (Å²) in [6, 6.07) is 0. The number of ether oxygens (including phenoxy) is 2. The number of alkyl halides is 3. The van der Waals surface area contributed by atoms with Crippen molar-refractivity contribution in [3.05, 3.63) is 0 Å². The van der Waals surface area contributed by atoms with E-state index in [1.54, 1.807) is 0 Å². The van der Waals surface area contributed by atoms with Crippen LogP contribution in [-0.2, 0) is 9.47 Å². The summed E-state index contributed by atoms with van der Waals surface area (Å²) in [5.41, 5.74) is 0. The molecular weight excluding hydrogens is 488 g/mol. The first-order chi connectivity index (χ1) is 13.0. The molecule has 0 amide bonds. The minimum Gasteiger partial charge on any atom is -0.379 e. The van der Waals surface area contributed by atoms with Gasteiger partial charge in [0.2, 0.25) is 0 Å². The third-order valence-electron chi connectivity index (χ3n) is 4.71. The highest BCUT2D eigenvalue weighted by Crippen LogP contribution is 2.22. The molecule has 2 fully saturated rings. The summed E-state index contributed by atoms with van der Waals surface area (Å²) in [7, 11) is 0. The minimum absolute atomic E-state index is 0. The number of halogens is 4. The second-order valence-corrected chi connectivity index (χ2v) is 7.21. The Bertz CT molecular complexity index is 449. The van der Waals surface area contributed by atoms with Crippen LogP contribution < -0.4 is 10.6 Å². The van der Waals surface area contributed by atoms with Crippen molar-refractivity contribution in [1.82, 2.24) is 15.5 Å². The van der Waals surface area contributed by atoms with Gasteiger partial charge in [-0.25, -0.2) is 0 Å². The van der Waals surface area contributed by atoms with Gasteiger partial charge in [0.1, 0.15) is 0 Å². The molecule has 0 spiro atoms. The van der Waals surface area contributed by atoms with Gasteiger partial charge in [0.05, 0.1) is 19.3 Å². The molecule has 2 aliphatic rings. The molecule has 2 aliphatic heterocycles. The molecule has 2 saturated heterocycles. The van der Waals surface area contributed by atoms with Crippen molar-refractivity contribution >= 4 is 29.9 Å². The van der Waals surface area contributed by atoms with Crippen LogP contribution in [0.5, 0.6) is 0 Å². The number of rotatable bonds is 10. The van der Waals surface area contributed by atoms with Crippen LogP contribution in [0.4, 0.5) is 13.2 Å². The molecule has 10 heteroatoms. The zero-order valence-electron chi connectivity index (χ0n) is 16.6. The van der Waals surface area contributed by atoms with Crippen LogP contribution in [0.15, 0.2) is 4.99 Å². The van der Waals surface area contributed by atoms with Gasteiger partial charge >= 0.3 is 6.18 Å². The molecule has 0 saturated carbocycles. The maximum atomic E-state index is 12.5.